The van der Waals surface area contributed by atoms with E-state index < -0.39 is 5.95 Å². The largest absolute Gasteiger partial charge is 0.377 e. The molecule has 16 heavy (non-hydrogen) atoms. The first-order chi connectivity index (χ1) is 7.63. The van der Waals surface area contributed by atoms with Gasteiger partial charge >= 0.3 is 0 Å². The number of rotatable bonds is 2. The first kappa shape index (κ1) is 11.3. The lowest BCUT2D eigenvalue weighted by atomic mass is 9.95. The van der Waals surface area contributed by atoms with Crippen molar-refractivity contribution >= 4 is 5.82 Å². The molecule has 1 saturated heterocycles. The molecule has 1 unspecified atom stereocenters. The predicted molar refractivity (Wildman–Crippen MR) is 61.1 cm³/mol. The number of hydrogen-bond acceptors (Lipinski definition) is 3. The van der Waals surface area contributed by atoms with Crippen molar-refractivity contribution in [2.75, 3.05) is 25.1 Å². The summed E-state index contributed by atoms with van der Waals surface area (Å²) in [6.45, 7) is 3.76. The monoisotopic (exact) mass is 224 g/mol. The molecule has 3 nitrogen and oxygen atoms in total. The number of nitrogens with zero attached hydrogens (tertiary/aromatic N) is 2. The standard InChI is InChI=1S/C12H17FN2O/c1-12(16-2)7-4-8-15(9-12)11-6-3-5-10(13)14-11/h3,5-6H,4,7-9H2,1-2H3. The summed E-state index contributed by atoms with van der Waals surface area (Å²) in [5, 5.41) is 0. The molecule has 1 aliphatic rings. The van der Waals surface area contributed by atoms with Crippen LogP contribution in [0.2, 0.25) is 0 Å². The highest BCUT2D eigenvalue weighted by atomic mass is 19.1. The van der Waals surface area contributed by atoms with Crippen molar-refractivity contribution in [1.82, 2.24) is 4.98 Å². The Balaban J connectivity index is 2.16. The van der Waals surface area contributed by atoms with Crippen molar-refractivity contribution in [3.05, 3.63) is 24.1 Å². The van der Waals surface area contributed by atoms with Crippen LogP contribution in [0.25, 0.3) is 0 Å². The van der Waals surface area contributed by atoms with Crippen LogP contribution in [0.1, 0.15) is 19.8 Å². The van der Waals surface area contributed by atoms with E-state index in [1.54, 1.807) is 13.2 Å². The second kappa shape index (κ2) is 4.37. The number of pyridine rings is 1. The molecule has 1 atom stereocenters. The fourth-order valence-electron chi connectivity index (χ4n) is 2.14. The Hall–Kier alpha value is -1.16. The Morgan fingerprint density at radius 1 is 1.50 bits per heavy atom. The molecule has 0 saturated carbocycles. The SMILES string of the molecule is COC1(C)CCCN(c2cccc(F)n2)C1. The molecular weight excluding hydrogens is 207 g/mol. The Kier molecular flexibility index (Phi) is 3.10. The molecule has 0 bridgehead atoms. The second-order valence-corrected chi connectivity index (χ2v) is 4.50. The van der Waals surface area contributed by atoms with Gasteiger partial charge in [-0.25, -0.2) is 4.98 Å². The molecular formula is C12H17FN2O. The van der Waals surface area contributed by atoms with E-state index in [1.165, 1.54) is 6.07 Å². The van der Waals surface area contributed by atoms with Crippen LogP contribution in [-0.4, -0.2) is 30.8 Å². The number of anilines is 1. The zero-order chi connectivity index (χ0) is 11.6. The summed E-state index contributed by atoms with van der Waals surface area (Å²) < 4.78 is 18.5. The summed E-state index contributed by atoms with van der Waals surface area (Å²) in [6.07, 6.45) is 2.08. The van der Waals surface area contributed by atoms with Gasteiger partial charge in [0.25, 0.3) is 0 Å². The first-order valence-electron chi connectivity index (χ1n) is 5.56. The van der Waals surface area contributed by atoms with E-state index in [4.69, 9.17) is 4.74 Å². The number of methoxy groups -OCH3 is 1. The van der Waals surface area contributed by atoms with E-state index in [-0.39, 0.29) is 5.60 Å². The van der Waals surface area contributed by atoms with Crippen molar-refractivity contribution in [1.29, 1.82) is 0 Å². The van der Waals surface area contributed by atoms with Gasteiger partial charge in [-0.1, -0.05) is 6.07 Å². The topological polar surface area (TPSA) is 25.4 Å². The van der Waals surface area contributed by atoms with Crippen molar-refractivity contribution < 1.29 is 9.13 Å². The summed E-state index contributed by atoms with van der Waals surface area (Å²) in [5.41, 5.74) is -0.147. The van der Waals surface area contributed by atoms with Gasteiger partial charge in [0.1, 0.15) is 5.82 Å². The Bertz CT molecular complexity index is 372. The average Bonchev–Trinajstić information content (AvgIpc) is 2.29. The molecule has 1 fully saturated rings. The van der Waals surface area contributed by atoms with Gasteiger partial charge in [-0.15, -0.1) is 0 Å². The third kappa shape index (κ3) is 2.32. The molecule has 0 radical (unpaired) electrons. The number of piperidine rings is 1. The summed E-state index contributed by atoms with van der Waals surface area (Å²) in [4.78, 5) is 5.98. The van der Waals surface area contributed by atoms with Gasteiger partial charge in [0, 0.05) is 20.2 Å². The summed E-state index contributed by atoms with van der Waals surface area (Å²) in [7, 11) is 1.72. The van der Waals surface area contributed by atoms with E-state index in [0.29, 0.717) is 5.82 Å². The highest BCUT2D eigenvalue weighted by Gasteiger charge is 2.31. The van der Waals surface area contributed by atoms with Crippen molar-refractivity contribution in [2.45, 2.75) is 25.4 Å². The Morgan fingerprint density at radius 3 is 3.00 bits per heavy atom. The van der Waals surface area contributed by atoms with Crippen LogP contribution in [0.4, 0.5) is 10.2 Å². The highest BCUT2D eigenvalue weighted by Crippen LogP contribution is 2.26. The van der Waals surface area contributed by atoms with Gasteiger partial charge in [-0.2, -0.15) is 4.39 Å². The van der Waals surface area contributed by atoms with Gasteiger partial charge in [0.2, 0.25) is 5.95 Å². The van der Waals surface area contributed by atoms with Crippen molar-refractivity contribution in [3.8, 4) is 0 Å². The van der Waals surface area contributed by atoms with Crippen LogP contribution in [-0.2, 0) is 4.74 Å². The molecule has 88 valence electrons. The number of ether oxygens (including phenoxy) is 1. The quantitative estimate of drug-likeness (QED) is 0.720. The fourth-order valence-corrected chi connectivity index (χ4v) is 2.14. The van der Waals surface area contributed by atoms with E-state index in [9.17, 15) is 4.39 Å². The average molecular weight is 224 g/mol. The number of hydrogen-bond donors (Lipinski definition) is 0. The zero-order valence-corrected chi connectivity index (χ0v) is 9.74. The van der Waals surface area contributed by atoms with Crippen LogP contribution in [0.3, 0.4) is 0 Å². The lowest BCUT2D eigenvalue weighted by Gasteiger charge is -2.40. The van der Waals surface area contributed by atoms with Crippen molar-refractivity contribution in [3.63, 3.8) is 0 Å². The zero-order valence-electron chi connectivity index (χ0n) is 9.74. The molecule has 1 aromatic heterocycles. The normalized spacial score (nSPS) is 25.8. The van der Waals surface area contributed by atoms with Crippen LogP contribution < -0.4 is 4.90 Å². The molecule has 2 rings (SSSR count). The van der Waals surface area contributed by atoms with Gasteiger partial charge in [0.15, 0.2) is 0 Å². The molecule has 2 heterocycles. The minimum Gasteiger partial charge on any atom is -0.377 e. The minimum absolute atomic E-state index is 0.147. The van der Waals surface area contributed by atoms with Gasteiger partial charge in [0.05, 0.1) is 5.60 Å². The maximum atomic E-state index is 13.0. The fraction of sp³-hybridized carbons (Fsp3) is 0.583. The first-order valence-corrected chi connectivity index (χ1v) is 5.56. The number of aromatic nitrogens is 1. The Labute approximate surface area is 95.2 Å². The smallest absolute Gasteiger partial charge is 0.214 e. The van der Waals surface area contributed by atoms with Crippen LogP contribution in [0.15, 0.2) is 18.2 Å². The lowest BCUT2D eigenvalue weighted by Crippen LogP contribution is -2.47. The minimum atomic E-state index is -0.429. The molecule has 1 aromatic rings. The Morgan fingerprint density at radius 2 is 2.31 bits per heavy atom. The van der Waals surface area contributed by atoms with Gasteiger partial charge in [-0.05, 0) is 31.9 Å². The predicted octanol–water partition coefficient (Wildman–Crippen LogP) is 2.23. The molecule has 0 N–H and O–H groups in total. The second-order valence-electron chi connectivity index (χ2n) is 4.50. The summed E-state index contributed by atoms with van der Waals surface area (Å²) in [5.74, 6) is 0.269. The number of halogens is 1. The molecule has 4 heteroatoms. The summed E-state index contributed by atoms with van der Waals surface area (Å²) >= 11 is 0. The lowest BCUT2D eigenvalue weighted by molar-refractivity contribution is -0.00484. The van der Waals surface area contributed by atoms with Gasteiger partial charge < -0.3 is 9.64 Å². The van der Waals surface area contributed by atoms with E-state index >= 15 is 0 Å². The van der Waals surface area contributed by atoms with Crippen molar-refractivity contribution in [2.24, 2.45) is 0 Å². The molecule has 0 aliphatic carbocycles. The summed E-state index contributed by atoms with van der Waals surface area (Å²) in [6, 6.07) is 4.89. The van der Waals surface area contributed by atoms with E-state index in [2.05, 4.69) is 16.8 Å². The molecule has 0 aromatic carbocycles. The third-order valence-electron chi connectivity index (χ3n) is 3.18. The van der Waals surface area contributed by atoms with E-state index in [0.717, 1.165) is 25.9 Å². The van der Waals surface area contributed by atoms with Gasteiger partial charge in [-0.3, -0.25) is 0 Å². The third-order valence-corrected chi connectivity index (χ3v) is 3.18. The molecule has 0 spiro atoms. The maximum absolute atomic E-state index is 13.0. The molecule has 0 amide bonds. The highest BCUT2D eigenvalue weighted by molar-refractivity contribution is 5.39. The molecule has 1 aliphatic heterocycles. The van der Waals surface area contributed by atoms with Crippen LogP contribution in [0, 0.1) is 5.95 Å². The van der Waals surface area contributed by atoms with Crippen LogP contribution in [0.5, 0.6) is 0 Å². The van der Waals surface area contributed by atoms with E-state index in [1.807, 2.05) is 6.07 Å². The maximum Gasteiger partial charge on any atom is 0.214 e. The van der Waals surface area contributed by atoms with Crippen LogP contribution >= 0.6 is 0 Å².